The average molecular weight is 443 g/mol. The van der Waals surface area contributed by atoms with Crippen LogP contribution in [0.5, 0.6) is 17.2 Å². The van der Waals surface area contributed by atoms with E-state index in [-0.39, 0.29) is 22.5 Å². The molecule has 0 unspecified atom stereocenters. The molecule has 0 bridgehead atoms. The molecule has 0 fully saturated rings. The van der Waals surface area contributed by atoms with E-state index in [1.807, 2.05) is 20.8 Å². The van der Waals surface area contributed by atoms with E-state index >= 15 is 0 Å². The van der Waals surface area contributed by atoms with E-state index in [1.54, 1.807) is 44.2 Å². The van der Waals surface area contributed by atoms with Crippen molar-refractivity contribution in [1.82, 2.24) is 0 Å². The van der Waals surface area contributed by atoms with E-state index in [4.69, 9.17) is 9.47 Å². The number of phenols is 1. The Morgan fingerprint density at radius 3 is 2.00 bits per heavy atom. The number of ketones is 1. The summed E-state index contributed by atoms with van der Waals surface area (Å²) in [5.74, 6) is 0.122. The van der Waals surface area contributed by atoms with Crippen molar-refractivity contribution >= 4 is 11.8 Å². The van der Waals surface area contributed by atoms with Crippen molar-refractivity contribution in [3.05, 3.63) is 52.6 Å². The van der Waals surface area contributed by atoms with Crippen LogP contribution in [0.2, 0.25) is 0 Å². The molecule has 0 aliphatic heterocycles. The summed E-state index contributed by atoms with van der Waals surface area (Å²) in [4.78, 5) is 23.6. The van der Waals surface area contributed by atoms with Gasteiger partial charge in [-0.3, -0.25) is 4.79 Å². The summed E-state index contributed by atoms with van der Waals surface area (Å²) in [6, 6.07) is 8.39. The number of aromatic hydroxyl groups is 1. The minimum atomic E-state index is -0.960. The number of benzene rings is 2. The number of unbranched alkanes of at least 4 members (excludes halogenated alkanes) is 2. The second-order valence-electron chi connectivity index (χ2n) is 9.24. The summed E-state index contributed by atoms with van der Waals surface area (Å²) >= 11 is 0. The topological polar surface area (TPSA) is 93.1 Å². The molecule has 32 heavy (non-hydrogen) atoms. The minimum Gasteiger partial charge on any atom is -0.507 e. The summed E-state index contributed by atoms with van der Waals surface area (Å²) in [7, 11) is 0. The van der Waals surface area contributed by atoms with Gasteiger partial charge in [0, 0.05) is 17.5 Å². The Balaban J connectivity index is 1.78. The van der Waals surface area contributed by atoms with Crippen molar-refractivity contribution in [1.29, 1.82) is 0 Å². The highest BCUT2D eigenvalue weighted by molar-refractivity contribution is 5.99. The van der Waals surface area contributed by atoms with Crippen molar-refractivity contribution in [2.45, 2.75) is 60.3 Å². The van der Waals surface area contributed by atoms with E-state index < -0.39 is 5.97 Å². The molecule has 6 nitrogen and oxygen atoms in total. The van der Waals surface area contributed by atoms with Gasteiger partial charge in [-0.05, 0) is 62.8 Å². The first-order chi connectivity index (χ1) is 15.0. The van der Waals surface area contributed by atoms with Crippen LogP contribution in [0.1, 0.15) is 78.3 Å². The lowest BCUT2D eigenvalue weighted by Gasteiger charge is -2.18. The van der Waals surface area contributed by atoms with Crippen molar-refractivity contribution in [3.8, 4) is 17.2 Å². The first-order valence-corrected chi connectivity index (χ1v) is 11.0. The largest absolute Gasteiger partial charge is 0.507 e. The van der Waals surface area contributed by atoms with E-state index in [0.717, 1.165) is 19.3 Å². The fourth-order valence-electron chi connectivity index (χ4n) is 3.39. The highest BCUT2D eigenvalue weighted by Gasteiger charge is 2.21. The highest BCUT2D eigenvalue weighted by atomic mass is 16.5. The van der Waals surface area contributed by atoms with Crippen LogP contribution in [0.25, 0.3) is 0 Å². The van der Waals surface area contributed by atoms with Crippen LogP contribution in [0.15, 0.2) is 30.3 Å². The van der Waals surface area contributed by atoms with Crippen molar-refractivity contribution in [3.63, 3.8) is 0 Å². The Morgan fingerprint density at radius 2 is 1.44 bits per heavy atom. The molecule has 174 valence electrons. The predicted molar refractivity (Wildman–Crippen MR) is 124 cm³/mol. The number of carbonyl (C=O) groups excluding carboxylic acids is 1. The third-order valence-electron chi connectivity index (χ3n) is 5.19. The molecule has 0 aromatic heterocycles. The number of rotatable bonds is 11. The average Bonchev–Trinajstić information content (AvgIpc) is 2.69. The molecule has 0 aliphatic rings. The minimum absolute atomic E-state index is 0.0101. The summed E-state index contributed by atoms with van der Waals surface area (Å²) in [5, 5.41) is 19.6. The number of phenolic OH excluding ortho intramolecular Hbond substituents is 1. The summed E-state index contributed by atoms with van der Waals surface area (Å²) < 4.78 is 11.5. The zero-order valence-electron chi connectivity index (χ0n) is 19.7. The third-order valence-corrected chi connectivity index (χ3v) is 5.19. The quantitative estimate of drug-likeness (QED) is 0.330. The fourth-order valence-corrected chi connectivity index (χ4v) is 3.39. The Labute approximate surface area is 190 Å². The zero-order valence-corrected chi connectivity index (χ0v) is 19.7. The molecular formula is C26H34O6. The van der Waals surface area contributed by atoms with Crippen LogP contribution in [-0.4, -0.2) is 35.2 Å². The van der Waals surface area contributed by atoms with Crippen molar-refractivity contribution < 1.29 is 29.3 Å². The molecule has 2 N–H and O–H groups in total. The molecular weight excluding hydrogens is 408 g/mol. The van der Waals surface area contributed by atoms with E-state index in [1.165, 1.54) is 0 Å². The molecule has 2 aromatic rings. The summed E-state index contributed by atoms with van der Waals surface area (Å²) in [6.45, 7) is 10.5. The predicted octanol–water partition coefficient (Wildman–Crippen LogP) is 5.95. The SMILES string of the molecule is Cc1c(OCCCCCOc2ccc(C(=O)CC(C)(C)C)c(O)c2C)cccc1C(=O)O. The maximum Gasteiger partial charge on any atom is 0.336 e. The second kappa shape index (κ2) is 11.0. The number of hydrogen-bond donors (Lipinski definition) is 2. The molecule has 0 spiro atoms. The molecule has 0 saturated carbocycles. The molecule has 0 aliphatic carbocycles. The normalized spacial score (nSPS) is 11.3. The zero-order chi connectivity index (χ0) is 23.9. The molecule has 0 amide bonds. The molecule has 0 radical (unpaired) electrons. The first kappa shape index (κ1) is 25.2. The van der Waals surface area contributed by atoms with Gasteiger partial charge in [-0.25, -0.2) is 4.79 Å². The Kier molecular flexibility index (Phi) is 8.70. The maximum absolute atomic E-state index is 12.4. The first-order valence-electron chi connectivity index (χ1n) is 11.0. The molecule has 0 heterocycles. The van der Waals surface area contributed by atoms with Crippen LogP contribution < -0.4 is 9.47 Å². The standard InChI is InChI=1S/C26H34O6/c1-17-19(25(29)30)10-9-11-22(17)31-14-7-6-8-15-32-23-13-12-20(24(28)18(23)2)21(27)16-26(3,4)5/h9-13,28H,6-8,14-16H2,1-5H3,(H,29,30). The third kappa shape index (κ3) is 7.01. The number of Topliss-reactive ketones (excluding diaryl/α,β-unsaturated/α-hetero) is 1. The van der Waals surface area contributed by atoms with Gasteiger partial charge >= 0.3 is 5.97 Å². The number of carbonyl (C=O) groups is 2. The molecule has 0 saturated heterocycles. The van der Waals surface area contributed by atoms with Crippen LogP contribution in [0.4, 0.5) is 0 Å². The van der Waals surface area contributed by atoms with Gasteiger partial charge in [-0.15, -0.1) is 0 Å². The van der Waals surface area contributed by atoms with Gasteiger partial charge in [0.05, 0.1) is 24.3 Å². The summed E-state index contributed by atoms with van der Waals surface area (Å²) in [6.07, 6.45) is 2.86. The monoisotopic (exact) mass is 442 g/mol. The maximum atomic E-state index is 12.4. The van der Waals surface area contributed by atoms with Gasteiger partial charge in [0.2, 0.25) is 0 Å². The molecule has 2 rings (SSSR count). The number of carboxylic acid groups (broad SMARTS) is 1. The number of ether oxygens (including phenoxy) is 2. The van der Waals surface area contributed by atoms with Crippen LogP contribution in [0, 0.1) is 19.3 Å². The van der Waals surface area contributed by atoms with E-state index in [9.17, 15) is 19.8 Å². The van der Waals surface area contributed by atoms with E-state index in [0.29, 0.717) is 47.8 Å². The van der Waals surface area contributed by atoms with Crippen molar-refractivity contribution in [2.24, 2.45) is 5.41 Å². The van der Waals surface area contributed by atoms with Crippen LogP contribution in [0.3, 0.4) is 0 Å². The lowest BCUT2D eigenvalue weighted by atomic mass is 9.87. The van der Waals surface area contributed by atoms with Gasteiger partial charge in [0.1, 0.15) is 17.2 Å². The van der Waals surface area contributed by atoms with Gasteiger partial charge < -0.3 is 19.7 Å². The summed E-state index contributed by atoms with van der Waals surface area (Å²) in [5.41, 5.74) is 1.64. The Hall–Kier alpha value is -3.02. The second-order valence-corrected chi connectivity index (χ2v) is 9.24. The van der Waals surface area contributed by atoms with Gasteiger partial charge in [-0.2, -0.15) is 0 Å². The fraction of sp³-hybridized carbons (Fsp3) is 0.462. The molecule has 2 aromatic carbocycles. The van der Waals surface area contributed by atoms with Crippen molar-refractivity contribution in [2.75, 3.05) is 13.2 Å². The van der Waals surface area contributed by atoms with Gasteiger partial charge in [-0.1, -0.05) is 26.8 Å². The molecule has 0 atom stereocenters. The van der Waals surface area contributed by atoms with E-state index in [2.05, 4.69) is 0 Å². The van der Waals surface area contributed by atoms with Crippen LogP contribution >= 0.6 is 0 Å². The van der Waals surface area contributed by atoms with Gasteiger partial charge in [0.15, 0.2) is 5.78 Å². The highest BCUT2D eigenvalue weighted by Crippen LogP contribution is 2.33. The number of hydrogen-bond acceptors (Lipinski definition) is 5. The smallest absolute Gasteiger partial charge is 0.336 e. The Morgan fingerprint density at radius 1 is 0.844 bits per heavy atom. The lowest BCUT2D eigenvalue weighted by Crippen LogP contribution is -2.13. The van der Waals surface area contributed by atoms with Gasteiger partial charge in [0.25, 0.3) is 0 Å². The Bertz CT molecular complexity index is 956. The molecule has 6 heteroatoms. The van der Waals surface area contributed by atoms with Crippen LogP contribution in [-0.2, 0) is 0 Å². The number of aromatic carboxylic acids is 1. The lowest BCUT2D eigenvalue weighted by molar-refractivity contribution is 0.0695. The number of carboxylic acids is 1.